The average Bonchev–Trinajstić information content (AvgIpc) is 2.29. The molecule has 0 aromatic carbocycles. The first kappa shape index (κ1) is 63.2. The first-order valence-electron chi connectivity index (χ1n) is 6.12. The zero-order valence-electron chi connectivity index (χ0n) is 11.7. The molecule has 1 N–H and O–H groups in total. The maximum absolute atomic E-state index is 11.8. The number of Topliss-reactive ketones (excluding diaryl/α,β-unsaturated/α-hetero) is 1. The summed E-state index contributed by atoms with van der Waals surface area (Å²) in [7, 11) is 0. The van der Waals surface area contributed by atoms with Crippen molar-refractivity contribution >= 4 is 11.7 Å². The molecule has 3 nitrogen and oxygen atoms in total. The number of alkyl halides is 5. The highest BCUT2D eigenvalue weighted by atomic mass is 19.5. The topological polar surface area (TPSA) is 46.2 Å². The van der Waals surface area contributed by atoms with Gasteiger partial charge in [-0.15, -0.1) is 17.6 Å². The van der Waals surface area contributed by atoms with Gasteiger partial charge in [0.15, 0.2) is 0 Å². The molecule has 0 spiro atoms. The average molecular weight is 434 g/mol. The van der Waals surface area contributed by atoms with E-state index in [9.17, 15) is 31.5 Å². The number of nitrogens with one attached hydrogen (secondary N) is 1. The SMILES string of the molecule is C.C.C.C.C.C.C.C.CCC(CC(C)C(=O)NCCF)C(C)=O.FC(F)(F)F. The van der Waals surface area contributed by atoms with Gasteiger partial charge in [-0.1, -0.05) is 73.3 Å². The number of hydrogen-bond donors (Lipinski definition) is 1. The third-order valence-electron chi connectivity index (χ3n) is 2.55. The molecule has 2 atom stereocenters. The molecule has 28 heavy (non-hydrogen) atoms. The summed E-state index contributed by atoms with van der Waals surface area (Å²) in [6, 6.07) is 0. The molecular formula is C20H52F5NO2. The number of ketones is 1. The molecule has 0 radical (unpaired) electrons. The monoisotopic (exact) mass is 433 g/mol. The van der Waals surface area contributed by atoms with Gasteiger partial charge in [0.1, 0.15) is 12.5 Å². The third kappa shape index (κ3) is 49.8. The van der Waals surface area contributed by atoms with Crippen LogP contribution in [0.5, 0.6) is 0 Å². The number of hydrogen-bond acceptors (Lipinski definition) is 2. The van der Waals surface area contributed by atoms with Crippen LogP contribution in [0.25, 0.3) is 0 Å². The van der Waals surface area contributed by atoms with Crippen LogP contribution in [0.2, 0.25) is 0 Å². The van der Waals surface area contributed by atoms with Crippen molar-refractivity contribution in [3.63, 3.8) is 0 Å². The molecule has 0 rings (SSSR count). The molecule has 0 aliphatic carbocycles. The minimum atomic E-state index is -5.50. The molecule has 0 aliphatic heterocycles. The number of rotatable bonds is 7. The molecule has 0 saturated carbocycles. The van der Waals surface area contributed by atoms with Crippen molar-refractivity contribution in [2.45, 2.75) is 99.5 Å². The highest BCUT2D eigenvalue weighted by Gasteiger charge is 2.24. The Kier molecular flexibility index (Phi) is 75.4. The summed E-state index contributed by atoms with van der Waals surface area (Å²) in [6.45, 7) is 4.74. The van der Waals surface area contributed by atoms with E-state index < -0.39 is 13.1 Å². The van der Waals surface area contributed by atoms with Crippen LogP contribution in [0.4, 0.5) is 22.0 Å². The molecule has 2 unspecified atom stereocenters. The second-order valence-electron chi connectivity index (χ2n) is 4.26. The number of amides is 1. The van der Waals surface area contributed by atoms with Gasteiger partial charge in [-0.05, 0) is 19.8 Å². The summed E-state index contributed by atoms with van der Waals surface area (Å²) in [4.78, 5) is 22.5. The van der Waals surface area contributed by atoms with Crippen LogP contribution < -0.4 is 5.32 Å². The first-order valence-corrected chi connectivity index (χ1v) is 6.12. The normalized spacial score (nSPS) is 9.86. The van der Waals surface area contributed by atoms with Gasteiger partial charge < -0.3 is 5.32 Å². The zero-order valence-corrected chi connectivity index (χ0v) is 11.7. The van der Waals surface area contributed by atoms with Crippen molar-refractivity contribution in [1.82, 2.24) is 5.32 Å². The van der Waals surface area contributed by atoms with Crippen molar-refractivity contribution in [2.24, 2.45) is 11.8 Å². The van der Waals surface area contributed by atoms with Gasteiger partial charge in [0, 0.05) is 18.4 Å². The second kappa shape index (κ2) is 33.4. The fraction of sp³-hybridized carbons (Fsp3) is 0.900. The van der Waals surface area contributed by atoms with Gasteiger partial charge in [-0.2, -0.15) is 0 Å². The fourth-order valence-corrected chi connectivity index (χ4v) is 1.50. The maximum Gasteiger partial charge on any atom is 0.559 e. The summed E-state index contributed by atoms with van der Waals surface area (Å²) >= 11 is 0. The molecule has 1 amide bonds. The Labute approximate surface area is 173 Å². The minimum Gasteiger partial charge on any atom is -0.353 e. The third-order valence-corrected chi connectivity index (χ3v) is 2.55. The lowest BCUT2D eigenvalue weighted by molar-refractivity contribution is -0.237. The van der Waals surface area contributed by atoms with Gasteiger partial charge in [0.2, 0.25) is 5.91 Å². The van der Waals surface area contributed by atoms with Crippen LogP contribution in [0.15, 0.2) is 0 Å². The van der Waals surface area contributed by atoms with E-state index in [-0.39, 0.29) is 89.5 Å². The van der Waals surface area contributed by atoms with E-state index in [4.69, 9.17) is 0 Å². The van der Waals surface area contributed by atoms with Gasteiger partial charge in [-0.3, -0.25) is 9.59 Å². The van der Waals surface area contributed by atoms with E-state index in [1.54, 1.807) is 13.8 Å². The Bertz CT molecular complexity index is 293. The lowest BCUT2D eigenvalue weighted by atomic mass is 9.90. The summed E-state index contributed by atoms with van der Waals surface area (Å²) in [5.41, 5.74) is 0. The van der Waals surface area contributed by atoms with Crippen molar-refractivity contribution < 1.29 is 31.5 Å². The Morgan fingerprint density at radius 3 is 1.43 bits per heavy atom. The smallest absolute Gasteiger partial charge is 0.353 e. The number of halogens is 5. The van der Waals surface area contributed by atoms with E-state index in [2.05, 4.69) is 5.32 Å². The lowest BCUT2D eigenvalue weighted by Crippen LogP contribution is -2.32. The van der Waals surface area contributed by atoms with E-state index >= 15 is 0 Å². The lowest BCUT2D eigenvalue weighted by Gasteiger charge is -2.16. The first-order chi connectivity index (χ1) is 9.02. The van der Waals surface area contributed by atoms with Crippen LogP contribution in [-0.2, 0) is 9.59 Å². The second-order valence-corrected chi connectivity index (χ2v) is 4.26. The van der Waals surface area contributed by atoms with Crippen LogP contribution in [-0.4, -0.2) is 31.3 Å². The molecule has 0 aromatic heterocycles. The largest absolute Gasteiger partial charge is 0.559 e. The van der Waals surface area contributed by atoms with E-state index in [1.165, 1.54) is 0 Å². The summed E-state index contributed by atoms with van der Waals surface area (Å²) < 4.78 is 50.6. The molecule has 8 heteroatoms. The molecular weight excluding hydrogens is 381 g/mol. The predicted octanol–water partition coefficient (Wildman–Crippen LogP) is 8.28. The Morgan fingerprint density at radius 1 is 0.893 bits per heavy atom. The van der Waals surface area contributed by atoms with E-state index in [1.807, 2.05) is 6.92 Å². The zero-order chi connectivity index (χ0) is 16.3. The molecule has 0 fully saturated rings. The Balaban J connectivity index is -0.0000000281. The Hall–Kier alpha value is -1.21. The molecule has 0 saturated heterocycles. The Morgan fingerprint density at radius 2 is 1.21 bits per heavy atom. The minimum absolute atomic E-state index is 0. The summed E-state index contributed by atoms with van der Waals surface area (Å²) in [6.07, 6.45) is -4.21. The molecule has 0 aromatic rings. The van der Waals surface area contributed by atoms with Gasteiger partial charge >= 0.3 is 6.43 Å². The van der Waals surface area contributed by atoms with Gasteiger partial charge in [0.05, 0.1) is 0 Å². The van der Waals surface area contributed by atoms with Gasteiger partial charge in [-0.25, -0.2) is 4.39 Å². The van der Waals surface area contributed by atoms with E-state index in [0.717, 1.165) is 6.42 Å². The van der Waals surface area contributed by atoms with Crippen LogP contribution in [0.1, 0.15) is 93.0 Å². The molecule has 0 aliphatic rings. The molecule has 0 heterocycles. The van der Waals surface area contributed by atoms with Crippen LogP contribution in [0.3, 0.4) is 0 Å². The highest BCUT2D eigenvalue weighted by Crippen LogP contribution is 2.16. The number of carbonyl (C=O) groups is 2. The molecule has 184 valence electrons. The highest BCUT2D eigenvalue weighted by molar-refractivity contribution is 5.81. The number of carbonyl (C=O) groups excluding carboxylic acids is 2. The summed E-state index contributed by atoms with van der Waals surface area (Å²) in [5, 5.41) is 2.48. The summed E-state index contributed by atoms with van der Waals surface area (Å²) in [5.74, 6) is -0.350. The van der Waals surface area contributed by atoms with Crippen molar-refractivity contribution in [3.05, 3.63) is 0 Å². The maximum atomic E-state index is 11.8. The molecule has 0 bridgehead atoms. The standard InChI is InChI=1S/C11H20FNO2.CF4.8CH4/c1-4-10(9(3)14)7-8(2)11(15)13-6-5-12;2-1(3,4)5;;;;;;;;/h8,10H,4-7H2,1-3H3,(H,13,15);;8*1H4. The van der Waals surface area contributed by atoms with Crippen molar-refractivity contribution in [1.29, 1.82) is 0 Å². The fourth-order valence-electron chi connectivity index (χ4n) is 1.50. The van der Waals surface area contributed by atoms with Crippen LogP contribution >= 0.6 is 0 Å². The quantitative estimate of drug-likeness (QED) is 0.411. The van der Waals surface area contributed by atoms with Gasteiger partial charge in [0.25, 0.3) is 0 Å². The predicted molar refractivity (Wildman–Crippen MR) is 118 cm³/mol. The van der Waals surface area contributed by atoms with Crippen LogP contribution in [0, 0.1) is 11.8 Å². The van der Waals surface area contributed by atoms with Crippen molar-refractivity contribution in [2.75, 3.05) is 13.2 Å². The van der Waals surface area contributed by atoms with E-state index in [0.29, 0.717) is 6.42 Å². The van der Waals surface area contributed by atoms with Crippen molar-refractivity contribution in [3.8, 4) is 0 Å².